The van der Waals surface area contributed by atoms with Gasteiger partial charge in [-0.2, -0.15) is 0 Å². The number of nitrogens with zero attached hydrogens (tertiary/aromatic N) is 7. The largest absolute Gasteiger partial charge is 0.455 e. The maximum atomic E-state index is 6.55. The molecule has 0 amide bonds. The van der Waals surface area contributed by atoms with Gasteiger partial charge in [0.2, 0.25) is 0 Å². The van der Waals surface area contributed by atoms with Gasteiger partial charge in [0, 0.05) is 133 Å². The van der Waals surface area contributed by atoms with Gasteiger partial charge in [-0.1, -0.05) is 297 Å². The van der Waals surface area contributed by atoms with Gasteiger partial charge in [-0.25, -0.2) is 29.9 Å². The van der Waals surface area contributed by atoms with Crippen LogP contribution in [-0.4, -0.2) is 34.5 Å². The summed E-state index contributed by atoms with van der Waals surface area (Å²) in [6.07, 6.45) is 0. The molecule has 0 unspecified atom stereocenters. The minimum absolute atomic E-state index is 0.670. The molecule has 0 bridgehead atoms. The predicted octanol–water partition coefficient (Wildman–Crippen LogP) is 33.5. The van der Waals surface area contributed by atoms with Crippen molar-refractivity contribution in [2.24, 2.45) is 0 Å². The van der Waals surface area contributed by atoms with E-state index < -0.39 is 0 Å². The van der Waals surface area contributed by atoms with E-state index >= 15 is 0 Å². The third-order valence-electron chi connectivity index (χ3n) is 26.1. The van der Waals surface area contributed by atoms with Crippen molar-refractivity contribution in [1.29, 1.82) is 0 Å². The van der Waals surface area contributed by atoms with Crippen LogP contribution < -0.4 is 0 Å². The molecule has 0 aliphatic heterocycles. The molecule has 9 heterocycles. The Labute approximate surface area is 761 Å². The van der Waals surface area contributed by atoms with Crippen molar-refractivity contribution >= 4 is 216 Å². The molecule has 10 nitrogen and oxygen atoms in total. The van der Waals surface area contributed by atoms with Gasteiger partial charge in [-0.05, 0) is 154 Å². The molecule has 0 atom stereocenters. The van der Waals surface area contributed by atoms with E-state index in [4.69, 9.17) is 43.2 Å². The van der Waals surface area contributed by atoms with E-state index in [0.717, 1.165) is 187 Å². The first kappa shape index (κ1) is 75.0. The van der Waals surface area contributed by atoms with Gasteiger partial charge in [-0.3, -0.25) is 0 Å². The van der Waals surface area contributed by atoms with E-state index in [2.05, 4.69) is 387 Å². The Bertz CT molecular complexity index is 9830. The fraction of sp³-hybridized carbons (Fsp3) is 0. The van der Waals surface area contributed by atoms with E-state index in [-0.39, 0.29) is 0 Å². The fourth-order valence-electron chi connectivity index (χ4n) is 20.0. The van der Waals surface area contributed by atoms with E-state index in [9.17, 15) is 0 Å². The van der Waals surface area contributed by atoms with E-state index in [1.54, 1.807) is 0 Å². The molecule has 0 spiro atoms. The number of thiophene rings is 2. The normalized spacial score (nSPS) is 11.9. The van der Waals surface area contributed by atoms with Crippen molar-refractivity contribution < 1.29 is 13.3 Å². The third kappa shape index (κ3) is 12.1. The zero-order chi connectivity index (χ0) is 86.6. The molecule has 0 saturated heterocycles. The predicted molar refractivity (Wildman–Crippen MR) is 551 cm³/mol. The van der Waals surface area contributed by atoms with Crippen molar-refractivity contribution in [3.8, 4) is 84.7 Å². The van der Waals surface area contributed by atoms with Gasteiger partial charge in [-0.15, -0.1) is 22.7 Å². The number of para-hydroxylation sites is 4. The summed E-state index contributed by atoms with van der Waals surface area (Å²) >= 11 is 3.68. The highest BCUT2D eigenvalue weighted by molar-refractivity contribution is 7.27. The standard InChI is InChI=1S/C42H25N3O.C42H24N2OS.C36H20N2OS/c1-3-12-27(13-4-1)39-33-22-24-37-38(32-21-19-26-11-7-8-16-30(26)41(32)46-37)40(33)44-42(43-39)28-20-23-36-34(25-28)31-17-9-10-18-35(31)45(36)29-14-5-2-6-15-29;1-2-10-26(11-3-1)39-33-20-21-35-38(32-19-17-25-9-4-5-14-30(25)41(32)45-35)40(33)44-42(43-39)29-13-8-12-27(23-29)28-18-22-37-34(24-28)31-15-6-7-16-36(31)46-37;1-2-10-22(11-3-1)32-27-19-20-30-31(26-18-17-21-9-4-5-12-23(21)35(26)40-30)33(27)38-36(37-32)28-15-8-14-25-24-13-6-7-16-29(24)39-34(25)28/h1-25H;1-24H;1-20H. The van der Waals surface area contributed by atoms with Crippen LogP contribution in [0.2, 0.25) is 0 Å². The average Bonchev–Trinajstić information content (AvgIpc) is 1.55. The van der Waals surface area contributed by atoms with Gasteiger partial charge in [0.05, 0.1) is 61.0 Å². The van der Waals surface area contributed by atoms with Gasteiger partial charge in [0.1, 0.15) is 33.5 Å². The summed E-state index contributed by atoms with van der Waals surface area (Å²) in [5, 5.41) is 23.8. The van der Waals surface area contributed by atoms with Crippen LogP contribution in [0.25, 0.3) is 278 Å². The Morgan fingerprint density at radius 3 is 1.27 bits per heavy atom. The van der Waals surface area contributed by atoms with E-state index in [1.807, 2.05) is 59.1 Å². The third-order valence-corrected chi connectivity index (χ3v) is 28.5. The van der Waals surface area contributed by atoms with Crippen molar-refractivity contribution in [2.45, 2.75) is 0 Å². The zero-order valence-corrected chi connectivity index (χ0v) is 72.1. The maximum absolute atomic E-state index is 6.55. The summed E-state index contributed by atoms with van der Waals surface area (Å²) < 4.78 is 27.0. The van der Waals surface area contributed by atoms with Crippen molar-refractivity contribution in [1.82, 2.24) is 34.5 Å². The summed E-state index contributed by atoms with van der Waals surface area (Å²) in [6.45, 7) is 0. The number of benzene rings is 20. The summed E-state index contributed by atoms with van der Waals surface area (Å²) in [5.74, 6) is 2.05. The smallest absolute Gasteiger partial charge is 0.164 e. The molecular formula is C120H69N7O3S2. The molecule has 0 saturated carbocycles. The van der Waals surface area contributed by atoms with Crippen molar-refractivity contribution in [3.63, 3.8) is 0 Å². The number of hydrogen-bond donors (Lipinski definition) is 0. The highest BCUT2D eigenvalue weighted by Crippen LogP contribution is 2.49. The van der Waals surface area contributed by atoms with Crippen molar-refractivity contribution in [3.05, 3.63) is 419 Å². The Morgan fingerprint density at radius 2 is 0.629 bits per heavy atom. The highest BCUT2D eigenvalue weighted by Gasteiger charge is 2.26. The Balaban J connectivity index is 0.000000102. The van der Waals surface area contributed by atoms with E-state index in [0.29, 0.717) is 17.5 Å². The van der Waals surface area contributed by atoms with Crippen LogP contribution in [0.1, 0.15) is 0 Å². The van der Waals surface area contributed by atoms with Gasteiger partial charge in [0.25, 0.3) is 0 Å². The fourth-order valence-corrected chi connectivity index (χ4v) is 22.3. The summed E-state index contributed by atoms with van der Waals surface area (Å²) in [6, 6.07) is 147. The lowest BCUT2D eigenvalue weighted by atomic mass is 9.99. The summed E-state index contributed by atoms with van der Waals surface area (Å²) in [7, 11) is 0. The van der Waals surface area contributed by atoms with Crippen LogP contribution in [-0.2, 0) is 0 Å². The molecule has 0 aliphatic rings. The first-order valence-corrected chi connectivity index (χ1v) is 45.9. The summed E-state index contributed by atoms with van der Waals surface area (Å²) in [4.78, 5) is 31.7. The van der Waals surface area contributed by atoms with Crippen LogP contribution in [0, 0.1) is 0 Å². The number of furan rings is 3. The van der Waals surface area contributed by atoms with Crippen LogP contribution in [0.5, 0.6) is 0 Å². The van der Waals surface area contributed by atoms with Gasteiger partial charge >= 0.3 is 0 Å². The molecule has 20 aromatic carbocycles. The molecule has 0 radical (unpaired) electrons. The van der Waals surface area contributed by atoms with Crippen molar-refractivity contribution in [2.75, 3.05) is 0 Å². The second kappa shape index (κ2) is 30.3. The second-order valence-electron chi connectivity index (χ2n) is 33.7. The number of fused-ring (bicyclic) bond motifs is 30. The minimum atomic E-state index is 0.670. The quantitative estimate of drug-likeness (QED) is 0.146. The molecular weight excluding hydrogens is 1650 g/mol. The molecule has 29 rings (SSSR count). The number of rotatable bonds is 8. The van der Waals surface area contributed by atoms with E-state index in [1.165, 1.54) is 73.0 Å². The number of hydrogen-bond acceptors (Lipinski definition) is 11. The first-order chi connectivity index (χ1) is 65.4. The monoisotopic (exact) mass is 1720 g/mol. The minimum Gasteiger partial charge on any atom is -0.455 e. The Kier molecular flexibility index (Phi) is 17.2. The van der Waals surface area contributed by atoms with Gasteiger partial charge in [0.15, 0.2) is 17.5 Å². The lowest BCUT2D eigenvalue weighted by Gasteiger charge is -2.11. The molecule has 12 heteroatoms. The van der Waals surface area contributed by atoms with Gasteiger partial charge < -0.3 is 17.8 Å². The van der Waals surface area contributed by atoms with Crippen LogP contribution in [0.3, 0.4) is 0 Å². The van der Waals surface area contributed by atoms with Crippen LogP contribution >= 0.6 is 22.7 Å². The highest BCUT2D eigenvalue weighted by atomic mass is 32.1. The van der Waals surface area contributed by atoms with Crippen LogP contribution in [0.4, 0.5) is 0 Å². The SMILES string of the molecule is c1ccc(-c2nc(-c3ccc4c(c3)c3ccccc3n4-c3ccccc3)nc3c2ccc2oc4c5ccccc5ccc4c23)cc1.c1ccc(-c2nc(-c3cccc(-c4ccc5sc6ccccc6c5c4)c3)nc3c2ccc2oc4c5ccccc5ccc4c23)cc1.c1ccc(-c2nc(-c3cccc4c3oc3ccccc34)nc3c2ccc2sc4c5ccccc5ccc4c23)cc1. The average molecular weight is 1720 g/mol. The molecule has 614 valence electrons. The first-order valence-electron chi connectivity index (χ1n) is 44.3. The molecule has 29 aromatic rings. The molecule has 0 N–H and O–H groups in total. The lowest BCUT2D eigenvalue weighted by molar-refractivity contribution is 0.669. The zero-order valence-electron chi connectivity index (χ0n) is 70.5. The van der Waals surface area contributed by atoms with Crippen LogP contribution in [0.15, 0.2) is 432 Å². The Hall–Kier alpha value is -17.2. The number of aromatic nitrogens is 7. The molecule has 0 fully saturated rings. The Morgan fingerprint density at radius 1 is 0.205 bits per heavy atom. The maximum Gasteiger partial charge on any atom is 0.164 e. The second-order valence-corrected chi connectivity index (χ2v) is 35.8. The summed E-state index contributed by atoms with van der Waals surface area (Å²) in [5.41, 5.74) is 22.4. The molecule has 0 aliphatic carbocycles. The topological polar surface area (TPSA) is 122 Å². The molecule has 9 aromatic heterocycles. The lowest BCUT2D eigenvalue weighted by Crippen LogP contribution is -1.96. The molecule has 132 heavy (non-hydrogen) atoms.